The summed E-state index contributed by atoms with van der Waals surface area (Å²) in [6.45, 7) is 5.69. The number of nitro groups is 1. The van der Waals surface area contributed by atoms with E-state index in [0.29, 0.717) is 11.6 Å². The predicted octanol–water partition coefficient (Wildman–Crippen LogP) is 2.95. The van der Waals surface area contributed by atoms with Crippen molar-refractivity contribution in [3.8, 4) is 0 Å². The number of anilines is 1. The molecule has 0 amide bonds. The topological polar surface area (TPSA) is 58.4 Å². The highest BCUT2D eigenvalue weighted by Gasteiger charge is 2.19. The van der Waals surface area contributed by atoms with Gasteiger partial charge in [0, 0.05) is 24.8 Å². The predicted molar refractivity (Wildman–Crippen MR) is 81.2 cm³/mol. The molecule has 1 N–H and O–H groups in total. The van der Waals surface area contributed by atoms with Crippen LogP contribution in [0, 0.1) is 21.8 Å². The van der Waals surface area contributed by atoms with E-state index in [9.17, 15) is 14.5 Å². The van der Waals surface area contributed by atoms with Crippen molar-refractivity contribution >= 4 is 11.4 Å². The molecule has 6 heteroatoms. The van der Waals surface area contributed by atoms with Gasteiger partial charge in [-0.1, -0.05) is 6.92 Å². The zero-order valence-electron chi connectivity index (χ0n) is 12.3. The number of nitrogens with one attached hydrogen (secondary N) is 1. The van der Waals surface area contributed by atoms with Crippen molar-refractivity contribution in [2.45, 2.75) is 26.2 Å². The Morgan fingerprint density at radius 2 is 2.10 bits per heavy atom. The number of hydrogen-bond acceptors (Lipinski definition) is 4. The molecule has 0 aromatic heterocycles. The number of halogens is 1. The van der Waals surface area contributed by atoms with E-state index < -0.39 is 10.7 Å². The molecular formula is C15H22FN3O2. The smallest absolute Gasteiger partial charge is 0.274 e. The highest BCUT2D eigenvalue weighted by atomic mass is 19.1. The molecular weight excluding hydrogens is 273 g/mol. The number of non-ortho nitro benzene ring substituents is 1. The molecule has 0 spiro atoms. The molecule has 0 unspecified atom stereocenters. The second kappa shape index (κ2) is 7.36. The highest BCUT2D eigenvalue weighted by molar-refractivity contribution is 5.53. The summed E-state index contributed by atoms with van der Waals surface area (Å²) < 4.78 is 13.6. The lowest BCUT2D eigenvalue weighted by Crippen LogP contribution is -2.36. The van der Waals surface area contributed by atoms with Gasteiger partial charge in [0.1, 0.15) is 5.82 Å². The van der Waals surface area contributed by atoms with Crippen molar-refractivity contribution in [2.75, 3.05) is 31.1 Å². The quantitative estimate of drug-likeness (QED) is 0.647. The molecule has 1 saturated heterocycles. The normalized spacial score (nSPS) is 15.9. The van der Waals surface area contributed by atoms with Crippen LogP contribution in [0.4, 0.5) is 15.8 Å². The Morgan fingerprint density at radius 1 is 1.38 bits per heavy atom. The first-order chi connectivity index (χ1) is 10.1. The number of piperidine rings is 1. The first-order valence-corrected chi connectivity index (χ1v) is 7.50. The summed E-state index contributed by atoms with van der Waals surface area (Å²) in [6, 6.07) is 3.84. The van der Waals surface area contributed by atoms with Crippen molar-refractivity contribution < 1.29 is 9.31 Å². The fraction of sp³-hybridized carbons (Fsp3) is 0.600. The Labute approximate surface area is 124 Å². The molecule has 0 radical (unpaired) electrons. The molecule has 1 aliphatic rings. The van der Waals surface area contributed by atoms with Crippen LogP contribution < -0.4 is 10.2 Å². The van der Waals surface area contributed by atoms with Crippen LogP contribution in [-0.2, 0) is 0 Å². The molecule has 1 heterocycles. The Morgan fingerprint density at radius 3 is 2.71 bits per heavy atom. The van der Waals surface area contributed by atoms with Crippen molar-refractivity contribution in [1.29, 1.82) is 0 Å². The first-order valence-electron chi connectivity index (χ1n) is 7.50. The number of rotatable bonds is 6. The maximum absolute atomic E-state index is 13.6. The molecule has 1 fully saturated rings. The SMILES string of the molecule is CCCN(CC1CCNCC1)c1cc(F)cc([N+](=O)[O-])c1. The van der Waals surface area contributed by atoms with Crippen molar-refractivity contribution in [1.82, 2.24) is 5.32 Å². The molecule has 0 bridgehead atoms. The standard InChI is InChI=1S/C15H22FN3O2/c1-2-7-18(11-12-3-5-17-6-4-12)14-8-13(16)9-15(10-14)19(20)21/h8-10,12,17H,2-7,11H2,1H3. The van der Waals surface area contributed by atoms with E-state index in [4.69, 9.17) is 0 Å². The van der Waals surface area contributed by atoms with Crippen molar-refractivity contribution in [2.24, 2.45) is 5.92 Å². The minimum atomic E-state index is -0.550. The van der Waals surface area contributed by atoms with E-state index in [-0.39, 0.29) is 5.69 Å². The van der Waals surface area contributed by atoms with E-state index in [1.54, 1.807) is 0 Å². The average molecular weight is 295 g/mol. The van der Waals surface area contributed by atoms with Gasteiger partial charge in [-0.2, -0.15) is 0 Å². The largest absolute Gasteiger partial charge is 0.371 e. The molecule has 2 rings (SSSR count). The summed E-state index contributed by atoms with van der Waals surface area (Å²) >= 11 is 0. The van der Waals surface area contributed by atoms with Gasteiger partial charge in [0.05, 0.1) is 11.0 Å². The summed E-state index contributed by atoms with van der Waals surface area (Å²) in [5.74, 6) is 0.00531. The van der Waals surface area contributed by atoms with E-state index in [1.807, 2.05) is 0 Å². The van der Waals surface area contributed by atoms with Crippen LogP contribution in [-0.4, -0.2) is 31.1 Å². The number of nitrogens with zero attached hydrogens (tertiary/aromatic N) is 2. The van der Waals surface area contributed by atoms with E-state index in [1.165, 1.54) is 12.1 Å². The molecule has 116 valence electrons. The molecule has 0 saturated carbocycles. The number of nitro benzene ring substituents is 1. The second-order valence-electron chi connectivity index (χ2n) is 5.56. The Balaban J connectivity index is 2.18. The van der Waals surface area contributed by atoms with E-state index in [0.717, 1.165) is 51.5 Å². The van der Waals surface area contributed by atoms with Crippen molar-refractivity contribution in [3.63, 3.8) is 0 Å². The lowest BCUT2D eigenvalue weighted by Gasteiger charge is -2.31. The van der Waals surface area contributed by atoms with Gasteiger partial charge in [-0.3, -0.25) is 10.1 Å². The monoisotopic (exact) mass is 295 g/mol. The molecule has 0 atom stereocenters. The summed E-state index contributed by atoms with van der Waals surface area (Å²) in [4.78, 5) is 12.4. The minimum Gasteiger partial charge on any atom is -0.371 e. The first kappa shape index (κ1) is 15.7. The van der Waals surface area contributed by atoms with E-state index in [2.05, 4.69) is 17.1 Å². The van der Waals surface area contributed by atoms with Crippen LogP contribution in [0.3, 0.4) is 0 Å². The minimum absolute atomic E-state index is 0.184. The Bertz CT molecular complexity index is 490. The van der Waals surface area contributed by atoms with Crippen LogP contribution in [0.2, 0.25) is 0 Å². The molecule has 1 aliphatic heterocycles. The Kier molecular flexibility index (Phi) is 5.50. The molecule has 1 aromatic rings. The number of benzene rings is 1. The average Bonchev–Trinajstić information content (AvgIpc) is 2.47. The molecule has 1 aromatic carbocycles. The Hall–Kier alpha value is -1.69. The van der Waals surface area contributed by atoms with Crippen LogP contribution in [0.15, 0.2) is 18.2 Å². The lowest BCUT2D eigenvalue weighted by atomic mass is 9.97. The van der Waals surface area contributed by atoms with Gasteiger partial charge in [0.25, 0.3) is 5.69 Å². The zero-order valence-corrected chi connectivity index (χ0v) is 12.3. The van der Waals surface area contributed by atoms with Gasteiger partial charge in [0.2, 0.25) is 0 Å². The van der Waals surface area contributed by atoms with Gasteiger partial charge >= 0.3 is 0 Å². The van der Waals surface area contributed by atoms with Gasteiger partial charge in [-0.25, -0.2) is 4.39 Å². The third-order valence-corrected chi connectivity index (χ3v) is 3.87. The molecule has 21 heavy (non-hydrogen) atoms. The van der Waals surface area contributed by atoms with Gasteiger partial charge in [-0.15, -0.1) is 0 Å². The maximum atomic E-state index is 13.6. The third-order valence-electron chi connectivity index (χ3n) is 3.87. The van der Waals surface area contributed by atoms with Gasteiger partial charge < -0.3 is 10.2 Å². The lowest BCUT2D eigenvalue weighted by molar-refractivity contribution is -0.385. The van der Waals surface area contributed by atoms with Crippen molar-refractivity contribution in [3.05, 3.63) is 34.1 Å². The second-order valence-corrected chi connectivity index (χ2v) is 5.56. The molecule has 0 aliphatic carbocycles. The van der Waals surface area contributed by atoms with Crippen LogP contribution in [0.25, 0.3) is 0 Å². The summed E-state index contributed by atoms with van der Waals surface area (Å²) in [5.41, 5.74) is 0.429. The number of hydrogen-bond donors (Lipinski definition) is 1. The van der Waals surface area contributed by atoms with Crippen LogP contribution in [0.1, 0.15) is 26.2 Å². The third kappa shape index (κ3) is 4.39. The maximum Gasteiger partial charge on any atom is 0.274 e. The fourth-order valence-corrected chi connectivity index (χ4v) is 2.82. The van der Waals surface area contributed by atoms with Crippen LogP contribution >= 0.6 is 0 Å². The molecule has 5 nitrogen and oxygen atoms in total. The van der Waals surface area contributed by atoms with Crippen LogP contribution in [0.5, 0.6) is 0 Å². The summed E-state index contributed by atoms with van der Waals surface area (Å²) in [7, 11) is 0. The van der Waals surface area contributed by atoms with Gasteiger partial charge in [0.15, 0.2) is 0 Å². The highest BCUT2D eigenvalue weighted by Crippen LogP contribution is 2.25. The zero-order chi connectivity index (χ0) is 15.2. The summed E-state index contributed by atoms with van der Waals surface area (Å²) in [5, 5.41) is 14.2. The van der Waals surface area contributed by atoms with Gasteiger partial charge in [-0.05, 0) is 44.3 Å². The fourth-order valence-electron chi connectivity index (χ4n) is 2.82. The summed E-state index contributed by atoms with van der Waals surface area (Å²) in [6.07, 6.45) is 3.12. The van der Waals surface area contributed by atoms with E-state index >= 15 is 0 Å².